The Labute approximate surface area is 260 Å². The van der Waals surface area contributed by atoms with Crippen molar-refractivity contribution in [2.45, 2.75) is 70.5 Å². The molecule has 0 saturated heterocycles. The molecule has 0 aliphatic heterocycles. The Morgan fingerprint density at radius 2 is 1.00 bits per heavy atom. The minimum Gasteiger partial charge on any atom is -0.394 e. The average molecular weight is 617 g/mol. The van der Waals surface area contributed by atoms with Crippen molar-refractivity contribution in [3.8, 4) is 0 Å². The SMILES string of the molecule is CCCCCCCCCC(COCCOCCOCCOCCOCCOCCO)OCCOCC(O)c1ccccc1. The summed E-state index contributed by atoms with van der Waals surface area (Å²) in [5.74, 6) is 0. The van der Waals surface area contributed by atoms with Crippen LogP contribution in [0, 0.1) is 0 Å². The smallest absolute Gasteiger partial charge is 0.102 e. The number of rotatable bonds is 34. The van der Waals surface area contributed by atoms with Gasteiger partial charge in [0, 0.05) is 0 Å². The van der Waals surface area contributed by atoms with E-state index in [1.54, 1.807) is 0 Å². The second kappa shape index (κ2) is 32.2. The van der Waals surface area contributed by atoms with Crippen molar-refractivity contribution >= 4 is 0 Å². The molecule has 0 aliphatic carbocycles. The van der Waals surface area contributed by atoms with Crippen LogP contribution >= 0.6 is 0 Å². The highest BCUT2D eigenvalue weighted by molar-refractivity contribution is 5.17. The quantitative estimate of drug-likeness (QED) is 0.108. The van der Waals surface area contributed by atoms with E-state index in [0.717, 1.165) is 18.4 Å². The number of benzene rings is 1. The fourth-order valence-electron chi connectivity index (χ4n) is 4.16. The lowest BCUT2D eigenvalue weighted by molar-refractivity contribution is -0.0605. The Morgan fingerprint density at radius 3 is 1.56 bits per heavy atom. The first-order valence-corrected chi connectivity index (χ1v) is 16.3. The predicted octanol–water partition coefficient (Wildman–Crippen LogP) is 4.35. The molecule has 2 unspecified atom stereocenters. The van der Waals surface area contributed by atoms with E-state index < -0.39 is 6.10 Å². The highest BCUT2D eigenvalue weighted by atomic mass is 16.6. The molecule has 0 spiro atoms. The maximum absolute atomic E-state index is 10.2. The van der Waals surface area contributed by atoms with E-state index in [1.807, 2.05) is 30.3 Å². The first-order chi connectivity index (χ1) is 21.3. The minimum atomic E-state index is -0.632. The molecule has 10 heteroatoms. The van der Waals surface area contributed by atoms with E-state index in [-0.39, 0.29) is 19.3 Å². The van der Waals surface area contributed by atoms with Crippen molar-refractivity contribution in [2.24, 2.45) is 0 Å². The summed E-state index contributed by atoms with van der Waals surface area (Å²) in [6, 6.07) is 9.54. The van der Waals surface area contributed by atoms with E-state index in [9.17, 15) is 5.11 Å². The molecular weight excluding hydrogens is 556 g/mol. The third-order valence-electron chi connectivity index (χ3n) is 6.57. The molecule has 2 N–H and O–H groups in total. The maximum atomic E-state index is 10.2. The van der Waals surface area contributed by atoms with Gasteiger partial charge in [0.15, 0.2) is 0 Å². The van der Waals surface area contributed by atoms with Gasteiger partial charge in [-0.05, 0) is 12.0 Å². The molecule has 1 aromatic rings. The van der Waals surface area contributed by atoms with Gasteiger partial charge in [-0.25, -0.2) is 0 Å². The molecule has 0 fully saturated rings. The number of aliphatic hydroxyl groups excluding tert-OH is 2. The van der Waals surface area contributed by atoms with E-state index in [0.29, 0.717) is 92.5 Å². The van der Waals surface area contributed by atoms with Gasteiger partial charge in [-0.2, -0.15) is 0 Å². The summed E-state index contributed by atoms with van der Waals surface area (Å²) in [7, 11) is 0. The summed E-state index contributed by atoms with van der Waals surface area (Å²) in [4.78, 5) is 0. The Morgan fingerprint density at radius 1 is 0.535 bits per heavy atom. The van der Waals surface area contributed by atoms with Crippen LogP contribution in [0.5, 0.6) is 0 Å². The van der Waals surface area contributed by atoms with Crippen molar-refractivity contribution in [2.75, 3.05) is 106 Å². The number of hydrogen-bond donors (Lipinski definition) is 2. The molecule has 0 aromatic heterocycles. The highest BCUT2D eigenvalue weighted by Crippen LogP contribution is 2.13. The molecule has 10 nitrogen and oxygen atoms in total. The van der Waals surface area contributed by atoms with Crippen LogP contribution in [0.1, 0.15) is 70.0 Å². The van der Waals surface area contributed by atoms with Gasteiger partial charge in [0.05, 0.1) is 112 Å². The maximum Gasteiger partial charge on any atom is 0.102 e. The van der Waals surface area contributed by atoms with Crippen LogP contribution < -0.4 is 0 Å². The van der Waals surface area contributed by atoms with E-state index in [4.69, 9.17) is 43.0 Å². The van der Waals surface area contributed by atoms with Gasteiger partial charge in [0.2, 0.25) is 0 Å². The Kier molecular flexibility index (Phi) is 29.9. The van der Waals surface area contributed by atoms with Crippen LogP contribution in [0.2, 0.25) is 0 Å². The lowest BCUT2D eigenvalue weighted by atomic mass is 10.1. The molecule has 0 bridgehead atoms. The standard InChI is InChI=1S/C33H60O10/c1-2-3-4-5-6-7-11-14-32(43-28-27-42-30-33(35)31-12-9-8-10-13-31)29-41-26-25-40-24-23-39-22-21-38-20-19-37-18-17-36-16-15-34/h8-10,12-13,32-35H,2-7,11,14-30H2,1H3. The molecular formula is C33H60O10. The zero-order valence-electron chi connectivity index (χ0n) is 26.7. The number of ether oxygens (including phenoxy) is 8. The molecule has 1 rings (SSSR count). The molecule has 0 aliphatic rings. The second-order valence-electron chi connectivity index (χ2n) is 10.3. The summed E-state index contributed by atoms with van der Waals surface area (Å²) in [6.07, 6.45) is 9.18. The molecule has 0 heterocycles. The molecule has 43 heavy (non-hydrogen) atoms. The largest absolute Gasteiger partial charge is 0.394 e. The summed E-state index contributed by atoms with van der Waals surface area (Å²) >= 11 is 0. The van der Waals surface area contributed by atoms with Crippen molar-refractivity contribution in [3.05, 3.63) is 35.9 Å². The molecule has 0 saturated carbocycles. The Hall–Kier alpha value is -1.18. The lowest BCUT2D eigenvalue weighted by Crippen LogP contribution is -2.24. The minimum absolute atomic E-state index is 0.0200. The molecule has 252 valence electrons. The van der Waals surface area contributed by atoms with Crippen molar-refractivity contribution in [1.29, 1.82) is 0 Å². The van der Waals surface area contributed by atoms with Crippen LogP contribution in [0.4, 0.5) is 0 Å². The third kappa shape index (κ3) is 26.9. The fourth-order valence-corrected chi connectivity index (χ4v) is 4.16. The number of hydrogen-bond acceptors (Lipinski definition) is 10. The fraction of sp³-hybridized carbons (Fsp3) is 0.818. The van der Waals surface area contributed by atoms with E-state index >= 15 is 0 Å². The summed E-state index contributed by atoms with van der Waals surface area (Å²) in [5.41, 5.74) is 0.854. The van der Waals surface area contributed by atoms with Gasteiger partial charge >= 0.3 is 0 Å². The van der Waals surface area contributed by atoms with E-state index in [1.165, 1.54) is 38.5 Å². The normalized spacial score (nSPS) is 13.0. The highest BCUT2D eigenvalue weighted by Gasteiger charge is 2.11. The Bertz CT molecular complexity index is 666. The Balaban J connectivity index is 2.05. The molecule has 2 atom stereocenters. The first kappa shape index (κ1) is 39.8. The lowest BCUT2D eigenvalue weighted by Gasteiger charge is -2.19. The first-order valence-electron chi connectivity index (χ1n) is 16.3. The van der Waals surface area contributed by atoms with Crippen LogP contribution in [0.25, 0.3) is 0 Å². The van der Waals surface area contributed by atoms with Gasteiger partial charge in [0.1, 0.15) is 6.10 Å². The van der Waals surface area contributed by atoms with Crippen molar-refractivity contribution < 1.29 is 48.1 Å². The van der Waals surface area contributed by atoms with Gasteiger partial charge < -0.3 is 48.1 Å². The van der Waals surface area contributed by atoms with Crippen LogP contribution in [-0.2, 0) is 37.9 Å². The van der Waals surface area contributed by atoms with Crippen molar-refractivity contribution in [3.63, 3.8) is 0 Å². The zero-order valence-corrected chi connectivity index (χ0v) is 26.7. The van der Waals surface area contributed by atoms with Gasteiger partial charge in [-0.3, -0.25) is 0 Å². The van der Waals surface area contributed by atoms with Crippen molar-refractivity contribution in [1.82, 2.24) is 0 Å². The van der Waals surface area contributed by atoms with E-state index in [2.05, 4.69) is 6.92 Å². The van der Waals surface area contributed by atoms with Gasteiger partial charge in [-0.15, -0.1) is 0 Å². The van der Waals surface area contributed by atoms with Gasteiger partial charge in [-0.1, -0.05) is 82.2 Å². The zero-order chi connectivity index (χ0) is 30.9. The topological polar surface area (TPSA) is 114 Å². The predicted molar refractivity (Wildman–Crippen MR) is 167 cm³/mol. The van der Waals surface area contributed by atoms with Crippen LogP contribution in [0.15, 0.2) is 30.3 Å². The third-order valence-corrected chi connectivity index (χ3v) is 6.57. The van der Waals surface area contributed by atoms with Gasteiger partial charge in [0.25, 0.3) is 0 Å². The number of aliphatic hydroxyl groups is 2. The summed E-state index contributed by atoms with van der Waals surface area (Å²) < 4.78 is 44.6. The summed E-state index contributed by atoms with van der Waals surface area (Å²) in [5, 5.41) is 18.9. The summed E-state index contributed by atoms with van der Waals surface area (Å²) in [6.45, 7) is 9.28. The number of unbranched alkanes of at least 4 members (excludes halogenated alkanes) is 6. The van der Waals surface area contributed by atoms with Crippen LogP contribution in [0.3, 0.4) is 0 Å². The molecule has 0 amide bonds. The molecule has 1 aromatic carbocycles. The average Bonchev–Trinajstić information content (AvgIpc) is 3.03. The molecule has 0 radical (unpaired) electrons. The monoisotopic (exact) mass is 616 g/mol. The second-order valence-corrected chi connectivity index (χ2v) is 10.3. The van der Waals surface area contributed by atoms with Crippen LogP contribution in [-0.4, -0.2) is 122 Å².